The monoisotopic (exact) mass is 258 g/mol. The molecule has 1 atom stereocenters. The topological polar surface area (TPSA) is 38.7 Å². The van der Waals surface area contributed by atoms with E-state index < -0.39 is 6.10 Å². The molecule has 2 aromatic rings. The Balaban J connectivity index is 2.17. The highest BCUT2D eigenvalue weighted by molar-refractivity contribution is 5.40. The van der Waals surface area contributed by atoms with Gasteiger partial charge in [-0.25, -0.2) is 0 Å². The molecule has 0 aliphatic rings. The number of para-hydroxylation sites is 1. The van der Waals surface area contributed by atoms with Crippen LogP contribution < -0.4 is 9.47 Å². The van der Waals surface area contributed by atoms with Gasteiger partial charge in [0.25, 0.3) is 0 Å². The summed E-state index contributed by atoms with van der Waals surface area (Å²) in [5.74, 6) is 2.21. The van der Waals surface area contributed by atoms with E-state index in [4.69, 9.17) is 9.47 Å². The van der Waals surface area contributed by atoms with Crippen LogP contribution in [0.4, 0.5) is 0 Å². The first-order chi connectivity index (χ1) is 9.20. The van der Waals surface area contributed by atoms with Crippen LogP contribution in [0, 0.1) is 0 Å². The van der Waals surface area contributed by atoms with Gasteiger partial charge in [-0.1, -0.05) is 18.2 Å². The predicted octanol–water partition coefficient (Wildman–Crippen LogP) is 3.93. The minimum atomic E-state index is -0.557. The van der Waals surface area contributed by atoms with Crippen molar-refractivity contribution in [2.45, 2.75) is 20.0 Å². The molecule has 0 amide bonds. The van der Waals surface area contributed by atoms with Crippen LogP contribution in [-0.4, -0.2) is 11.7 Å². The second kappa shape index (κ2) is 6.25. The predicted molar refractivity (Wildman–Crippen MR) is 74.8 cm³/mol. The zero-order valence-corrected chi connectivity index (χ0v) is 11.2. The van der Waals surface area contributed by atoms with Gasteiger partial charge in [0.05, 0.1) is 12.7 Å². The van der Waals surface area contributed by atoms with Crippen molar-refractivity contribution in [1.82, 2.24) is 0 Å². The zero-order chi connectivity index (χ0) is 13.7. The summed E-state index contributed by atoms with van der Waals surface area (Å²) < 4.78 is 11.2. The number of aliphatic hydroxyl groups excluding tert-OH is 1. The SMILES string of the molecule is CCOc1ccc(Oc2ccccc2[C@@H](C)O)cc1. The summed E-state index contributed by atoms with van der Waals surface area (Å²) in [4.78, 5) is 0. The Bertz CT molecular complexity index is 518. The molecule has 100 valence electrons. The van der Waals surface area contributed by atoms with Crippen LogP contribution in [0.1, 0.15) is 25.5 Å². The van der Waals surface area contributed by atoms with Crippen LogP contribution in [0.25, 0.3) is 0 Å². The summed E-state index contributed by atoms with van der Waals surface area (Å²) >= 11 is 0. The summed E-state index contributed by atoms with van der Waals surface area (Å²) in [6, 6.07) is 14.9. The summed E-state index contributed by atoms with van der Waals surface area (Å²) in [5.41, 5.74) is 0.774. The second-order valence-corrected chi connectivity index (χ2v) is 4.22. The van der Waals surface area contributed by atoms with E-state index in [-0.39, 0.29) is 0 Å². The normalized spacial score (nSPS) is 11.9. The van der Waals surface area contributed by atoms with Crippen molar-refractivity contribution >= 4 is 0 Å². The Morgan fingerprint density at radius 2 is 1.63 bits per heavy atom. The molecule has 0 fully saturated rings. The molecule has 0 saturated heterocycles. The third kappa shape index (κ3) is 3.48. The highest BCUT2D eigenvalue weighted by Gasteiger charge is 2.08. The molecule has 0 bridgehead atoms. The molecular weight excluding hydrogens is 240 g/mol. The van der Waals surface area contributed by atoms with Gasteiger partial charge in [-0.05, 0) is 44.2 Å². The van der Waals surface area contributed by atoms with E-state index in [1.54, 1.807) is 6.92 Å². The van der Waals surface area contributed by atoms with Crippen LogP contribution >= 0.6 is 0 Å². The van der Waals surface area contributed by atoms with Gasteiger partial charge < -0.3 is 14.6 Å². The molecule has 0 radical (unpaired) electrons. The Hall–Kier alpha value is -2.00. The lowest BCUT2D eigenvalue weighted by Crippen LogP contribution is -1.96. The van der Waals surface area contributed by atoms with E-state index in [9.17, 15) is 5.11 Å². The largest absolute Gasteiger partial charge is 0.494 e. The first-order valence-electron chi connectivity index (χ1n) is 6.38. The Labute approximate surface area is 113 Å². The van der Waals surface area contributed by atoms with Crippen LogP contribution in [0.15, 0.2) is 48.5 Å². The number of hydrogen-bond acceptors (Lipinski definition) is 3. The van der Waals surface area contributed by atoms with Crippen molar-refractivity contribution < 1.29 is 14.6 Å². The van der Waals surface area contributed by atoms with E-state index in [0.29, 0.717) is 12.4 Å². The van der Waals surface area contributed by atoms with Crippen LogP contribution in [-0.2, 0) is 0 Å². The molecule has 0 aliphatic carbocycles. The number of hydrogen-bond donors (Lipinski definition) is 1. The average Bonchev–Trinajstić information content (AvgIpc) is 2.42. The first kappa shape index (κ1) is 13.4. The fourth-order valence-corrected chi connectivity index (χ4v) is 1.82. The number of rotatable bonds is 5. The highest BCUT2D eigenvalue weighted by atomic mass is 16.5. The van der Waals surface area contributed by atoms with Gasteiger partial charge in [0, 0.05) is 5.56 Å². The molecule has 19 heavy (non-hydrogen) atoms. The molecule has 2 rings (SSSR count). The van der Waals surface area contributed by atoms with Crippen LogP contribution in [0.2, 0.25) is 0 Å². The number of ether oxygens (including phenoxy) is 2. The molecule has 0 saturated carbocycles. The minimum absolute atomic E-state index is 0.557. The van der Waals surface area contributed by atoms with Crippen molar-refractivity contribution in [1.29, 1.82) is 0 Å². The zero-order valence-electron chi connectivity index (χ0n) is 11.2. The number of aliphatic hydroxyl groups is 1. The van der Waals surface area contributed by atoms with Crippen molar-refractivity contribution in [2.24, 2.45) is 0 Å². The third-order valence-corrected chi connectivity index (χ3v) is 2.73. The van der Waals surface area contributed by atoms with Gasteiger partial charge in [0.2, 0.25) is 0 Å². The van der Waals surface area contributed by atoms with Crippen molar-refractivity contribution in [2.75, 3.05) is 6.61 Å². The molecular formula is C16H18O3. The lowest BCUT2D eigenvalue weighted by atomic mass is 10.1. The summed E-state index contributed by atoms with van der Waals surface area (Å²) in [6.07, 6.45) is -0.557. The summed E-state index contributed by atoms with van der Waals surface area (Å²) in [7, 11) is 0. The van der Waals surface area contributed by atoms with E-state index in [1.165, 1.54) is 0 Å². The van der Waals surface area contributed by atoms with Gasteiger partial charge in [-0.3, -0.25) is 0 Å². The van der Waals surface area contributed by atoms with Gasteiger partial charge in [0.1, 0.15) is 17.2 Å². The second-order valence-electron chi connectivity index (χ2n) is 4.22. The van der Waals surface area contributed by atoms with E-state index in [0.717, 1.165) is 17.1 Å². The van der Waals surface area contributed by atoms with E-state index in [2.05, 4.69) is 0 Å². The smallest absolute Gasteiger partial charge is 0.133 e. The first-order valence-corrected chi connectivity index (χ1v) is 6.38. The van der Waals surface area contributed by atoms with Crippen LogP contribution in [0.3, 0.4) is 0 Å². The average molecular weight is 258 g/mol. The van der Waals surface area contributed by atoms with Crippen LogP contribution in [0.5, 0.6) is 17.2 Å². The quantitative estimate of drug-likeness (QED) is 0.883. The molecule has 1 N–H and O–H groups in total. The fourth-order valence-electron chi connectivity index (χ4n) is 1.82. The van der Waals surface area contributed by atoms with Crippen molar-refractivity contribution in [3.05, 3.63) is 54.1 Å². The molecule has 3 nitrogen and oxygen atoms in total. The fraction of sp³-hybridized carbons (Fsp3) is 0.250. The lowest BCUT2D eigenvalue weighted by Gasteiger charge is -2.13. The van der Waals surface area contributed by atoms with Gasteiger partial charge in [0.15, 0.2) is 0 Å². The summed E-state index contributed by atoms with van der Waals surface area (Å²) in [5, 5.41) is 9.70. The molecule has 0 spiro atoms. The summed E-state index contributed by atoms with van der Waals surface area (Å²) in [6.45, 7) is 4.31. The van der Waals surface area contributed by atoms with E-state index >= 15 is 0 Å². The maximum Gasteiger partial charge on any atom is 0.133 e. The van der Waals surface area contributed by atoms with Gasteiger partial charge >= 0.3 is 0 Å². The molecule has 3 heteroatoms. The highest BCUT2D eigenvalue weighted by Crippen LogP contribution is 2.30. The Morgan fingerprint density at radius 3 is 2.26 bits per heavy atom. The van der Waals surface area contributed by atoms with Gasteiger partial charge in [-0.15, -0.1) is 0 Å². The van der Waals surface area contributed by atoms with Crippen molar-refractivity contribution in [3.8, 4) is 17.2 Å². The molecule has 0 unspecified atom stereocenters. The van der Waals surface area contributed by atoms with E-state index in [1.807, 2.05) is 55.5 Å². The van der Waals surface area contributed by atoms with Gasteiger partial charge in [-0.2, -0.15) is 0 Å². The maximum atomic E-state index is 9.70. The molecule has 0 heterocycles. The molecule has 2 aromatic carbocycles. The lowest BCUT2D eigenvalue weighted by molar-refractivity contribution is 0.195. The minimum Gasteiger partial charge on any atom is -0.494 e. The third-order valence-electron chi connectivity index (χ3n) is 2.73. The Kier molecular flexibility index (Phi) is 4.42. The molecule has 0 aliphatic heterocycles. The number of benzene rings is 2. The Morgan fingerprint density at radius 1 is 1.00 bits per heavy atom. The molecule has 0 aromatic heterocycles. The maximum absolute atomic E-state index is 9.70. The standard InChI is InChI=1S/C16H18O3/c1-3-18-13-8-10-14(11-9-13)19-16-7-5-4-6-15(16)12(2)17/h4-12,17H,3H2,1-2H3/t12-/m1/s1. The van der Waals surface area contributed by atoms with Crippen molar-refractivity contribution in [3.63, 3.8) is 0 Å².